The Kier molecular flexibility index (Phi) is 3.40. The summed E-state index contributed by atoms with van der Waals surface area (Å²) < 4.78 is 13.7. The van der Waals surface area contributed by atoms with Crippen LogP contribution in [0.3, 0.4) is 0 Å². The second-order valence-corrected chi connectivity index (χ2v) is 3.47. The van der Waals surface area contributed by atoms with Gasteiger partial charge in [-0.2, -0.15) is 5.26 Å². The quantitative estimate of drug-likeness (QED) is 0.867. The van der Waals surface area contributed by atoms with Crippen LogP contribution in [0.15, 0.2) is 22.7 Å². The van der Waals surface area contributed by atoms with E-state index in [4.69, 9.17) is 11.0 Å². The summed E-state index contributed by atoms with van der Waals surface area (Å²) in [4.78, 5) is 0. The van der Waals surface area contributed by atoms with Gasteiger partial charge in [0.25, 0.3) is 0 Å². The summed E-state index contributed by atoms with van der Waals surface area (Å²) in [6.45, 7) is 0. The van der Waals surface area contributed by atoms with Crippen molar-refractivity contribution in [1.29, 1.82) is 5.26 Å². The van der Waals surface area contributed by atoms with E-state index < -0.39 is 6.04 Å². The summed E-state index contributed by atoms with van der Waals surface area (Å²) in [5.74, 6) is -0.384. The smallest absolute Gasteiger partial charge is 0.142 e. The van der Waals surface area contributed by atoms with Gasteiger partial charge in [-0.25, -0.2) is 4.39 Å². The fraction of sp³-hybridized carbons (Fsp3) is 0.222. The van der Waals surface area contributed by atoms with Crippen LogP contribution in [0.1, 0.15) is 18.0 Å². The topological polar surface area (TPSA) is 49.8 Å². The summed E-state index contributed by atoms with van der Waals surface area (Å²) in [6, 6.07) is 6.23. The maximum Gasteiger partial charge on any atom is 0.142 e. The summed E-state index contributed by atoms with van der Waals surface area (Å²) >= 11 is 3.05. The van der Waals surface area contributed by atoms with Gasteiger partial charge in [0.05, 0.1) is 17.0 Å². The van der Waals surface area contributed by atoms with Gasteiger partial charge in [-0.05, 0) is 22.0 Å². The maximum absolute atomic E-state index is 13.3. The number of hydrogen-bond donors (Lipinski definition) is 1. The van der Waals surface area contributed by atoms with Crippen molar-refractivity contribution in [2.75, 3.05) is 0 Å². The molecule has 0 unspecified atom stereocenters. The van der Waals surface area contributed by atoms with Gasteiger partial charge < -0.3 is 5.73 Å². The predicted molar refractivity (Wildman–Crippen MR) is 51.3 cm³/mol. The molecule has 0 radical (unpaired) electrons. The van der Waals surface area contributed by atoms with Crippen LogP contribution < -0.4 is 5.73 Å². The third kappa shape index (κ3) is 2.27. The second kappa shape index (κ2) is 4.35. The third-order valence-corrected chi connectivity index (χ3v) is 2.30. The summed E-state index contributed by atoms with van der Waals surface area (Å²) in [6.07, 6.45) is 0.118. The van der Waals surface area contributed by atoms with Crippen molar-refractivity contribution in [1.82, 2.24) is 0 Å². The van der Waals surface area contributed by atoms with Crippen molar-refractivity contribution < 1.29 is 4.39 Å². The normalized spacial score (nSPS) is 12.2. The van der Waals surface area contributed by atoms with Gasteiger partial charge in [0.1, 0.15) is 5.82 Å². The molecule has 0 aliphatic carbocycles. The first-order valence-electron chi connectivity index (χ1n) is 3.73. The molecule has 0 amide bonds. The van der Waals surface area contributed by atoms with E-state index in [9.17, 15) is 4.39 Å². The molecule has 1 rings (SSSR count). The van der Waals surface area contributed by atoms with Gasteiger partial charge in [-0.3, -0.25) is 0 Å². The molecule has 4 heteroatoms. The first kappa shape index (κ1) is 10.2. The molecule has 2 N–H and O–H groups in total. The summed E-state index contributed by atoms with van der Waals surface area (Å²) in [7, 11) is 0. The zero-order valence-electron chi connectivity index (χ0n) is 6.80. The third-order valence-electron chi connectivity index (χ3n) is 1.69. The van der Waals surface area contributed by atoms with E-state index in [1.54, 1.807) is 18.2 Å². The molecule has 0 saturated carbocycles. The first-order chi connectivity index (χ1) is 6.16. The Balaban J connectivity index is 3.02. The van der Waals surface area contributed by atoms with E-state index in [1.807, 2.05) is 6.07 Å². The Labute approximate surface area is 84.3 Å². The molecule has 1 atom stereocenters. The number of nitriles is 1. The van der Waals surface area contributed by atoms with Crippen molar-refractivity contribution in [2.24, 2.45) is 5.73 Å². The molecule has 1 aromatic rings. The molecule has 0 fully saturated rings. The van der Waals surface area contributed by atoms with Crippen LogP contribution in [-0.4, -0.2) is 0 Å². The lowest BCUT2D eigenvalue weighted by molar-refractivity contribution is 0.579. The van der Waals surface area contributed by atoms with Gasteiger partial charge in [-0.1, -0.05) is 12.1 Å². The molecule has 0 bridgehead atoms. The fourth-order valence-electron chi connectivity index (χ4n) is 1.02. The molecule has 0 spiro atoms. The first-order valence-corrected chi connectivity index (χ1v) is 4.52. The van der Waals surface area contributed by atoms with Crippen molar-refractivity contribution >= 4 is 15.9 Å². The minimum atomic E-state index is -0.553. The van der Waals surface area contributed by atoms with Gasteiger partial charge in [0.15, 0.2) is 0 Å². The van der Waals surface area contributed by atoms with Crippen molar-refractivity contribution in [3.8, 4) is 6.07 Å². The highest BCUT2D eigenvalue weighted by Crippen LogP contribution is 2.23. The van der Waals surface area contributed by atoms with Crippen molar-refractivity contribution in [2.45, 2.75) is 12.5 Å². The SMILES string of the molecule is N#CC[C@H](N)c1cccc(Br)c1F. The monoisotopic (exact) mass is 242 g/mol. The molecule has 2 nitrogen and oxygen atoms in total. The molecular weight excluding hydrogens is 235 g/mol. The van der Waals surface area contributed by atoms with E-state index >= 15 is 0 Å². The summed E-state index contributed by atoms with van der Waals surface area (Å²) in [5.41, 5.74) is 5.96. The van der Waals surface area contributed by atoms with E-state index in [0.717, 1.165) is 0 Å². The summed E-state index contributed by atoms with van der Waals surface area (Å²) in [5, 5.41) is 8.39. The average molecular weight is 243 g/mol. The molecule has 1 aromatic carbocycles. The largest absolute Gasteiger partial charge is 0.323 e. The molecule has 0 aliphatic rings. The van der Waals surface area contributed by atoms with E-state index in [1.165, 1.54) is 0 Å². The second-order valence-electron chi connectivity index (χ2n) is 2.61. The minimum Gasteiger partial charge on any atom is -0.323 e. The Morgan fingerprint density at radius 3 is 2.92 bits per heavy atom. The van der Waals surface area contributed by atoms with E-state index in [0.29, 0.717) is 10.0 Å². The molecular formula is C9H8BrFN2. The fourth-order valence-corrected chi connectivity index (χ4v) is 1.40. The lowest BCUT2D eigenvalue weighted by Gasteiger charge is -2.09. The highest BCUT2D eigenvalue weighted by molar-refractivity contribution is 9.10. The van der Waals surface area contributed by atoms with Crippen molar-refractivity contribution in [3.05, 3.63) is 34.1 Å². The molecule has 13 heavy (non-hydrogen) atoms. The van der Waals surface area contributed by atoms with Crippen LogP contribution in [0, 0.1) is 17.1 Å². The molecule has 0 heterocycles. The number of benzene rings is 1. The van der Waals surface area contributed by atoms with Crippen LogP contribution >= 0.6 is 15.9 Å². The highest BCUT2D eigenvalue weighted by atomic mass is 79.9. The highest BCUT2D eigenvalue weighted by Gasteiger charge is 2.12. The van der Waals surface area contributed by atoms with Gasteiger partial charge in [0.2, 0.25) is 0 Å². The Hall–Kier alpha value is -0.920. The van der Waals surface area contributed by atoms with Crippen LogP contribution in [0.25, 0.3) is 0 Å². The predicted octanol–water partition coefficient (Wildman–Crippen LogP) is 2.50. The standard InChI is InChI=1S/C9H8BrFN2/c10-7-3-1-2-6(9(7)11)8(13)4-5-12/h1-3,8H,4,13H2/t8-/m0/s1. The van der Waals surface area contributed by atoms with Crippen LogP contribution in [-0.2, 0) is 0 Å². The zero-order chi connectivity index (χ0) is 9.84. The Bertz CT molecular complexity index is 346. The van der Waals surface area contributed by atoms with Gasteiger partial charge >= 0.3 is 0 Å². The molecule has 68 valence electrons. The van der Waals surface area contributed by atoms with Crippen LogP contribution in [0.2, 0.25) is 0 Å². The maximum atomic E-state index is 13.3. The number of rotatable bonds is 2. The van der Waals surface area contributed by atoms with Crippen LogP contribution in [0.5, 0.6) is 0 Å². The number of nitrogens with two attached hydrogens (primary N) is 1. The number of halogens is 2. The van der Waals surface area contributed by atoms with Crippen LogP contribution in [0.4, 0.5) is 4.39 Å². The lowest BCUT2D eigenvalue weighted by atomic mass is 10.1. The zero-order valence-corrected chi connectivity index (χ0v) is 8.38. The average Bonchev–Trinajstić information content (AvgIpc) is 2.10. The van der Waals surface area contributed by atoms with E-state index in [-0.39, 0.29) is 12.2 Å². The van der Waals surface area contributed by atoms with E-state index in [2.05, 4.69) is 15.9 Å². The number of nitrogens with zero attached hydrogens (tertiary/aromatic N) is 1. The molecule has 0 saturated heterocycles. The van der Waals surface area contributed by atoms with Gasteiger partial charge in [0, 0.05) is 11.6 Å². The Morgan fingerprint density at radius 2 is 2.31 bits per heavy atom. The Morgan fingerprint density at radius 1 is 1.62 bits per heavy atom. The lowest BCUT2D eigenvalue weighted by Crippen LogP contribution is -2.11. The molecule has 0 aliphatic heterocycles. The molecule has 0 aromatic heterocycles. The van der Waals surface area contributed by atoms with Crippen molar-refractivity contribution in [3.63, 3.8) is 0 Å². The van der Waals surface area contributed by atoms with Gasteiger partial charge in [-0.15, -0.1) is 0 Å². The number of hydrogen-bond acceptors (Lipinski definition) is 2. The minimum absolute atomic E-state index is 0.118.